The lowest BCUT2D eigenvalue weighted by Crippen LogP contribution is -2.48. The zero-order chi connectivity index (χ0) is 22.2. The van der Waals surface area contributed by atoms with Crippen molar-refractivity contribution in [3.05, 3.63) is 11.4 Å². The highest BCUT2D eigenvalue weighted by Gasteiger charge is 2.44. The third-order valence-electron chi connectivity index (χ3n) is 5.04. The minimum atomic E-state index is -1.30. The van der Waals surface area contributed by atoms with Crippen LogP contribution in [-0.2, 0) is 16.0 Å². The van der Waals surface area contributed by atoms with E-state index in [9.17, 15) is 4.79 Å². The SMILES string of the molecule is CC(=O)N[C@H]1CCN(C2=NC(Cc3nonc3C)(OCC(C)(C)C)N=C3N=NN=C32)C1. The maximum absolute atomic E-state index is 11.5. The van der Waals surface area contributed by atoms with Crippen LogP contribution in [0.25, 0.3) is 0 Å². The van der Waals surface area contributed by atoms with Gasteiger partial charge in [0.1, 0.15) is 11.4 Å². The Kier molecular flexibility index (Phi) is 5.42. The molecule has 1 aromatic heterocycles. The van der Waals surface area contributed by atoms with Gasteiger partial charge in [-0.3, -0.25) is 4.79 Å². The molecule has 1 unspecified atom stereocenters. The third kappa shape index (κ3) is 4.68. The molecule has 166 valence electrons. The van der Waals surface area contributed by atoms with Gasteiger partial charge in [0.15, 0.2) is 11.5 Å². The van der Waals surface area contributed by atoms with Crippen LogP contribution in [0.5, 0.6) is 0 Å². The fourth-order valence-electron chi connectivity index (χ4n) is 3.56. The second-order valence-electron chi connectivity index (χ2n) is 9.21. The summed E-state index contributed by atoms with van der Waals surface area (Å²) in [7, 11) is 0. The molecule has 1 fully saturated rings. The lowest BCUT2D eigenvalue weighted by molar-refractivity contribution is -0.119. The molecule has 1 aromatic rings. The molecule has 4 rings (SSSR count). The third-order valence-corrected chi connectivity index (χ3v) is 5.04. The number of amidine groups is 2. The van der Waals surface area contributed by atoms with E-state index in [1.807, 2.05) is 6.92 Å². The van der Waals surface area contributed by atoms with E-state index in [2.05, 4.69) is 56.7 Å². The Morgan fingerprint density at radius 1 is 1.32 bits per heavy atom. The largest absolute Gasteiger partial charge is 0.353 e. The Balaban J connectivity index is 1.69. The summed E-state index contributed by atoms with van der Waals surface area (Å²) in [6.45, 7) is 11.3. The average Bonchev–Trinajstić information content (AvgIpc) is 3.41. The van der Waals surface area contributed by atoms with Gasteiger partial charge < -0.3 is 15.0 Å². The van der Waals surface area contributed by atoms with E-state index >= 15 is 0 Å². The van der Waals surface area contributed by atoms with Crippen molar-refractivity contribution >= 4 is 23.3 Å². The molecule has 3 aliphatic rings. The first kappa shape index (κ1) is 21.2. The molecule has 1 N–H and O–H groups in total. The number of ether oxygens (including phenoxy) is 1. The normalized spacial score (nSPS) is 25.3. The van der Waals surface area contributed by atoms with Crippen LogP contribution < -0.4 is 5.32 Å². The van der Waals surface area contributed by atoms with Crippen molar-refractivity contribution in [1.29, 1.82) is 0 Å². The second kappa shape index (κ2) is 7.91. The van der Waals surface area contributed by atoms with Gasteiger partial charge >= 0.3 is 0 Å². The molecule has 0 bridgehead atoms. The molecule has 0 radical (unpaired) electrons. The molecule has 0 saturated carbocycles. The van der Waals surface area contributed by atoms with Gasteiger partial charge in [-0.2, -0.15) is 0 Å². The Bertz CT molecular complexity index is 988. The minimum Gasteiger partial charge on any atom is -0.353 e. The zero-order valence-corrected chi connectivity index (χ0v) is 18.4. The quantitative estimate of drug-likeness (QED) is 0.751. The number of hydrogen-bond donors (Lipinski definition) is 1. The molecule has 0 aromatic carbocycles. The molecule has 1 saturated heterocycles. The summed E-state index contributed by atoms with van der Waals surface area (Å²) in [5.41, 5.74) is 1.65. The number of rotatable bonds is 5. The van der Waals surface area contributed by atoms with E-state index in [-0.39, 0.29) is 23.8 Å². The van der Waals surface area contributed by atoms with Crippen molar-refractivity contribution in [2.75, 3.05) is 19.7 Å². The van der Waals surface area contributed by atoms with Gasteiger partial charge in [0.25, 0.3) is 5.85 Å². The molecule has 2 atom stereocenters. The molecule has 0 spiro atoms. The number of amides is 1. The summed E-state index contributed by atoms with van der Waals surface area (Å²) in [6.07, 6.45) is 1.03. The topological polar surface area (TPSA) is 142 Å². The number of hydrogen-bond acceptors (Lipinski definition) is 11. The summed E-state index contributed by atoms with van der Waals surface area (Å²) >= 11 is 0. The Hall–Kier alpha value is -3.02. The summed E-state index contributed by atoms with van der Waals surface area (Å²) in [5.74, 6) is -0.378. The summed E-state index contributed by atoms with van der Waals surface area (Å²) in [5, 5.41) is 22.9. The standard InChI is InChI=1S/C19H27N9O3/c1-11-14(26-31-25-11)8-19(30-10-18(3,4)5)21-16-15(23-27-24-16)17(22-19)28-7-6-13(9-28)20-12(2)29/h13H,6-10H2,1-5H3,(H,20,29)/t13-,19?/m0/s1. The zero-order valence-electron chi connectivity index (χ0n) is 18.4. The van der Waals surface area contributed by atoms with Gasteiger partial charge in [-0.25, -0.2) is 14.6 Å². The van der Waals surface area contributed by atoms with E-state index < -0.39 is 5.85 Å². The molecular weight excluding hydrogens is 402 g/mol. The molecule has 1 amide bonds. The fourth-order valence-corrected chi connectivity index (χ4v) is 3.56. The first-order valence-electron chi connectivity index (χ1n) is 10.3. The first-order chi connectivity index (χ1) is 14.6. The van der Waals surface area contributed by atoms with E-state index in [1.165, 1.54) is 6.92 Å². The second-order valence-corrected chi connectivity index (χ2v) is 9.21. The number of aliphatic imine (C=N–C) groups is 2. The van der Waals surface area contributed by atoms with E-state index in [4.69, 9.17) is 19.4 Å². The van der Waals surface area contributed by atoms with Gasteiger partial charge in [-0.05, 0) is 24.0 Å². The minimum absolute atomic E-state index is 0.0327. The van der Waals surface area contributed by atoms with E-state index in [0.717, 1.165) is 6.42 Å². The summed E-state index contributed by atoms with van der Waals surface area (Å²) in [6, 6.07) is 0.0327. The monoisotopic (exact) mass is 429 g/mol. The molecule has 12 nitrogen and oxygen atoms in total. The van der Waals surface area contributed by atoms with Crippen LogP contribution >= 0.6 is 0 Å². The number of likely N-dealkylation sites (tertiary alicyclic amines) is 1. The molecule has 4 heterocycles. The number of nitrogens with zero attached hydrogens (tertiary/aromatic N) is 8. The van der Waals surface area contributed by atoms with Crippen molar-refractivity contribution in [3.63, 3.8) is 0 Å². The van der Waals surface area contributed by atoms with Crippen LogP contribution in [0.15, 0.2) is 30.1 Å². The highest BCUT2D eigenvalue weighted by atomic mass is 16.6. The molecule has 31 heavy (non-hydrogen) atoms. The van der Waals surface area contributed by atoms with Gasteiger partial charge in [-0.1, -0.05) is 31.1 Å². The number of carbonyl (C=O) groups excluding carboxylic acids is 1. The number of carbonyl (C=O) groups is 1. The number of nitrogens with one attached hydrogen (secondary N) is 1. The molecular formula is C19H27N9O3. The van der Waals surface area contributed by atoms with Crippen LogP contribution in [0.4, 0.5) is 0 Å². The first-order valence-corrected chi connectivity index (χ1v) is 10.3. The summed E-state index contributed by atoms with van der Waals surface area (Å²) in [4.78, 5) is 23.2. The smallest absolute Gasteiger partial charge is 0.266 e. The number of aryl methyl sites for hydroxylation is 1. The lowest BCUT2D eigenvalue weighted by atomic mass is 9.98. The van der Waals surface area contributed by atoms with Gasteiger partial charge in [0, 0.05) is 26.1 Å². The van der Waals surface area contributed by atoms with E-state index in [0.29, 0.717) is 48.5 Å². The Morgan fingerprint density at radius 2 is 2.13 bits per heavy atom. The lowest BCUT2D eigenvalue weighted by Gasteiger charge is -2.34. The maximum atomic E-state index is 11.5. The highest BCUT2D eigenvalue weighted by molar-refractivity contribution is 6.68. The Morgan fingerprint density at radius 3 is 2.81 bits per heavy atom. The highest BCUT2D eigenvalue weighted by Crippen LogP contribution is 2.31. The predicted octanol–water partition coefficient (Wildman–Crippen LogP) is 1.48. The Labute approximate surface area is 179 Å². The van der Waals surface area contributed by atoms with Crippen LogP contribution in [0.2, 0.25) is 0 Å². The van der Waals surface area contributed by atoms with E-state index in [1.54, 1.807) is 0 Å². The van der Waals surface area contributed by atoms with Crippen LogP contribution in [-0.4, -0.2) is 70.1 Å². The van der Waals surface area contributed by atoms with Gasteiger partial charge in [0.05, 0.1) is 13.0 Å². The van der Waals surface area contributed by atoms with Crippen molar-refractivity contribution in [1.82, 2.24) is 20.5 Å². The maximum Gasteiger partial charge on any atom is 0.266 e. The van der Waals surface area contributed by atoms with Crippen molar-refractivity contribution < 1.29 is 14.2 Å². The number of fused-ring (bicyclic) bond motifs is 1. The predicted molar refractivity (Wildman–Crippen MR) is 112 cm³/mol. The van der Waals surface area contributed by atoms with Gasteiger partial charge in [-0.15, -0.1) is 10.2 Å². The van der Waals surface area contributed by atoms with Crippen LogP contribution in [0.1, 0.15) is 45.5 Å². The van der Waals surface area contributed by atoms with Crippen molar-refractivity contribution in [2.45, 2.75) is 59.4 Å². The van der Waals surface area contributed by atoms with Crippen LogP contribution in [0, 0.1) is 12.3 Å². The summed E-state index contributed by atoms with van der Waals surface area (Å²) < 4.78 is 11.2. The van der Waals surface area contributed by atoms with Crippen molar-refractivity contribution in [2.24, 2.45) is 30.8 Å². The van der Waals surface area contributed by atoms with Crippen LogP contribution in [0.3, 0.4) is 0 Å². The number of aromatic nitrogens is 2. The average molecular weight is 429 g/mol. The van der Waals surface area contributed by atoms with Crippen molar-refractivity contribution in [3.8, 4) is 0 Å². The molecule has 12 heteroatoms. The molecule has 3 aliphatic heterocycles. The molecule has 0 aliphatic carbocycles. The fraction of sp³-hybridized carbons (Fsp3) is 0.684. The van der Waals surface area contributed by atoms with Gasteiger partial charge in [0.2, 0.25) is 11.7 Å².